The minimum atomic E-state index is -4.52. The Kier molecular flexibility index (Phi) is 7.08. The van der Waals surface area contributed by atoms with Gasteiger partial charge in [-0.1, -0.05) is 36.3 Å². The molecule has 0 saturated carbocycles. The number of benzene rings is 1. The van der Waals surface area contributed by atoms with Crippen LogP contribution in [0.15, 0.2) is 39.9 Å². The van der Waals surface area contributed by atoms with Gasteiger partial charge in [0.1, 0.15) is 0 Å². The van der Waals surface area contributed by atoms with Gasteiger partial charge in [0, 0.05) is 32.7 Å². The van der Waals surface area contributed by atoms with Crippen molar-refractivity contribution in [2.45, 2.75) is 45.1 Å². The number of rotatable bonds is 5. The van der Waals surface area contributed by atoms with Crippen molar-refractivity contribution in [2.75, 3.05) is 18.0 Å². The number of anilines is 1. The summed E-state index contributed by atoms with van der Waals surface area (Å²) in [5, 5.41) is 0. The highest BCUT2D eigenvalue weighted by Crippen LogP contribution is 2.32. The molecule has 2 N–H and O–H groups in total. The van der Waals surface area contributed by atoms with Crippen LogP contribution in [0.5, 0.6) is 0 Å². The lowest BCUT2D eigenvalue weighted by atomic mass is 10.1. The molecule has 3 aromatic rings. The number of halogens is 3. The fourth-order valence-corrected chi connectivity index (χ4v) is 4.45. The molecular weight excluding hydrogens is 473 g/mol. The van der Waals surface area contributed by atoms with Gasteiger partial charge in [-0.25, -0.2) is 4.79 Å². The van der Waals surface area contributed by atoms with E-state index in [-0.39, 0.29) is 35.9 Å². The van der Waals surface area contributed by atoms with E-state index in [2.05, 4.69) is 16.8 Å². The van der Waals surface area contributed by atoms with Gasteiger partial charge in [-0.15, -0.1) is 5.92 Å². The molecule has 0 spiro atoms. The van der Waals surface area contributed by atoms with Gasteiger partial charge in [-0.3, -0.25) is 18.5 Å². The van der Waals surface area contributed by atoms with Crippen molar-refractivity contribution in [1.29, 1.82) is 0 Å². The van der Waals surface area contributed by atoms with Crippen molar-refractivity contribution < 1.29 is 13.2 Å². The third-order valence-electron chi connectivity index (χ3n) is 6.22. The molecule has 11 heteroatoms. The van der Waals surface area contributed by atoms with Gasteiger partial charge >= 0.3 is 11.9 Å². The van der Waals surface area contributed by atoms with Crippen LogP contribution in [0.3, 0.4) is 0 Å². The molecule has 8 nitrogen and oxygen atoms in total. The second-order valence-electron chi connectivity index (χ2n) is 8.69. The van der Waals surface area contributed by atoms with Crippen LogP contribution in [0.1, 0.15) is 30.9 Å². The van der Waals surface area contributed by atoms with Gasteiger partial charge in [0.25, 0.3) is 5.56 Å². The Labute approximate surface area is 205 Å². The maximum atomic E-state index is 13.5. The average molecular weight is 501 g/mol. The number of aromatic nitrogens is 4. The van der Waals surface area contributed by atoms with Crippen LogP contribution in [0.4, 0.5) is 19.1 Å². The first-order chi connectivity index (χ1) is 17.1. The van der Waals surface area contributed by atoms with Crippen molar-refractivity contribution in [1.82, 2.24) is 18.7 Å². The minimum Gasteiger partial charge on any atom is -0.341 e. The number of nitrogens with zero attached hydrogens (tertiary/aromatic N) is 5. The molecule has 36 heavy (non-hydrogen) atoms. The van der Waals surface area contributed by atoms with Crippen LogP contribution < -0.4 is 21.9 Å². The van der Waals surface area contributed by atoms with Crippen LogP contribution in [-0.2, 0) is 26.3 Å². The van der Waals surface area contributed by atoms with E-state index in [1.165, 1.54) is 42.0 Å². The third kappa shape index (κ3) is 4.81. The molecule has 1 atom stereocenters. The van der Waals surface area contributed by atoms with Crippen molar-refractivity contribution in [3.63, 3.8) is 0 Å². The van der Waals surface area contributed by atoms with Crippen LogP contribution in [-0.4, -0.2) is 37.8 Å². The fraction of sp³-hybridized carbons (Fsp3) is 0.400. The lowest BCUT2D eigenvalue weighted by Gasteiger charge is -2.31. The van der Waals surface area contributed by atoms with E-state index in [0.717, 1.165) is 23.5 Å². The molecule has 0 bridgehead atoms. The first-order valence-electron chi connectivity index (χ1n) is 11.6. The zero-order valence-electron chi connectivity index (χ0n) is 20.0. The van der Waals surface area contributed by atoms with Gasteiger partial charge < -0.3 is 10.6 Å². The van der Waals surface area contributed by atoms with Crippen molar-refractivity contribution in [2.24, 2.45) is 12.8 Å². The van der Waals surface area contributed by atoms with Crippen molar-refractivity contribution >= 4 is 23.2 Å². The van der Waals surface area contributed by atoms with Gasteiger partial charge in [0.2, 0.25) is 5.95 Å². The van der Waals surface area contributed by atoms with E-state index in [1.807, 2.05) is 4.90 Å². The maximum absolute atomic E-state index is 13.5. The summed E-state index contributed by atoms with van der Waals surface area (Å²) in [5.41, 5.74) is 4.53. The SMILES string of the molecule is CC#CCn1c(N2CCC[C@@H](N)C2)nc2c1c(=O)n(C/C=C/c1ccccc1C(F)(F)F)c(=O)n2C. The van der Waals surface area contributed by atoms with Crippen LogP contribution >= 0.6 is 0 Å². The van der Waals surface area contributed by atoms with E-state index >= 15 is 0 Å². The molecular formula is C25H27F3N6O2. The normalized spacial score (nSPS) is 16.5. The zero-order valence-corrected chi connectivity index (χ0v) is 20.0. The van der Waals surface area contributed by atoms with E-state index in [1.54, 1.807) is 11.5 Å². The smallest absolute Gasteiger partial charge is 0.341 e. The lowest BCUT2D eigenvalue weighted by molar-refractivity contribution is -0.137. The molecule has 3 heterocycles. The number of hydrogen-bond donors (Lipinski definition) is 1. The highest BCUT2D eigenvalue weighted by atomic mass is 19.4. The molecule has 4 rings (SSSR count). The zero-order chi connectivity index (χ0) is 26.0. The summed E-state index contributed by atoms with van der Waals surface area (Å²) in [6.07, 6.45) is -0.125. The Morgan fingerprint density at radius 3 is 2.67 bits per heavy atom. The summed E-state index contributed by atoms with van der Waals surface area (Å²) < 4.78 is 43.9. The highest BCUT2D eigenvalue weighted by molar-refractivity contribution is 5.75. The average Bonchev–Trinajstić information content (AvgIpc) is 3.23. The number of aryl methyl sites for hydroxylation is 1. The summed E-state index contributed by atoms with van der Waals surface area (Å²) in [6, 6.07) is 5.08. The number of fused-ring (bicyclic) bond motifs is 1. The summed E-state index contributed by atoms with van der Waals surface area (Å²) >= 11 is 0. The number of alkyl halides is 3. The molecule has 0 radical (unpaired) electrons. The second-order valence-corrected chi connectivity index (χ2v) is 8.69. The number of allylic oxidation sites excluding steroid dienone is 1. The number of piperidine rings is 1. The van der Waals surface area contributed by atoms with E-state index < -0.39 is 23.0 Å². The first-order valence-corrected chi connectivity index (χ1v) is 11.6. The van der Waals surface area contributed by atoms with E-state index in [0.29, 0.717) is 19.0 Å². The van der Waals surface area contributed by atoms with Gasteiger partial charge in [0.05, 0.1) is 12.1 Å². The van der Waals surface area contributed by atoms with Crippen molar-refractivity contribution in [3.8, 4) is 11.8 Å². The van der Waals surface area contributed by atoms with Crippen molar-refractivity contribution in [3.05, 3.63) is 62.3 Å². The first kappa shape index (κ1) is 25.3. The van der Waals surface area contributed by atoms with Gasteiger partial charge in [0.15, 0.2) is 11.2 Å². The van der Waals surface area contributed by atoms with Crippen LogP contribution in [0.2, 0.25) is 0 Å². The molecule has 1 saturated heterocycles. The summed E-state index contributed by atoms with van der Waals surface area (Å²) in [7, 11) is 1.51. The number of hydrogen-bond acceptors (Lipinski definition) is 5. The summed E-state index contributed by atoms with van der Waals surface area (Å²) in [5.74, 6) is 6.29. The second kappa shape index (κ2) is 10.1. The highest BCUT2D eigenvalue weighted by Gasteiger charge is 2.32. The Morgan fingerprint density at radius 2 is 1.97 bits per heavy atom. The molecule has 0 unspecified atom stereocenters. The minimum absolute atomic E-state index is 0.0329. The summed E-state index contributed by atoms with van der Waals surface area (Å²) in [4.78, 5) is 33.2. The topological polar surface area (TPSA) is 91.1 Å². The Hall–Kier alpha value is -3.78. The predicted molar refractivity (Wildman–Crippen MR) is 133 cm³/mol. The molecule has 1 aromatic carbocycles. The molecule has 1 aliphatic heterocycles. The maximum Gasteiger partial charge on any atom is 0.416 e. The molecule has 190 valence electrons. The fourth-order valence-electron chi connectivity index (χ4n) is 4.45. The summed E-state index contributed by atoms with van der Waals surface area (Å²) in [6.45, 7) is 2.94. The monoisotopic (exact) mass is 500 g/mol. The largest absolute Gasteiger partial charge is 0.416 e. The van der Waals surface area contributed by atoms with Crippen LogP contribution in [0, 0.1) is 11.8 Å². The molecule has 0 aliphatic carbocycles. The van der Waals surface area contributed by atoms with E-state index in [9.17, 15) is 22.8 Å². The Morgan fingerprint density at radius 1 is 1.22 bits per heavy atom. The predicted octanol–water partition coefficient (Wildman–Crippen LogP) is 2.58. The molecule has 2 aromatic heterocycles. The number of imidazole rings is 1. The van der Waals surface area contributed by atoms with Gasteiger partial charge in [-0.05, 0) is 31.4 Å². The third-order valence-corrected chi connectivity index (χ3v) is 6.22. The quantitative estimate of drug-likeness (QED) is 0.544. The standard InChI is InChI=1S/C25H27F3N6O2/c1-3-4-14-33-20-21(30-23(33)32-13-8-11-18(29)16-32)31(2)24(36)34(22(20)35)15-7-10-17-9-5-6-12-19(17)25(26,27)28/h5-7,9-10,12,18H,8,11,13-16,29H2,1-2H3/b10-7+/t18-/m1/s1. The Balaban J connectivity index is 1.80. The van der Waals surface area contributed by atoms with Gasteiger partial charge in [-0.2, -0.15) is 18.2 Å². The van der Waals surface area contributed by atoms with E-state index in [4.69, 9.17) is 5.73 Å². The Bertz CT molecular complexity index is 1490. The number of nitrogens with two attached hydrogens (primary N) is 1. The molecule has 1 aliphatic rings. The van der Waals surface area contributed by atoms with Crippen LogP contribution in [0.25, 0.3) is 17.2 Å². The lowest BCUT2D eigenvalue weighted by Crippen LogP contribution is -2.44. The molecule has 0 amide bonds. The molecule has 1 fully saturated rings.